The summed E-state index contributed by atoms with van der Waals surface area (Å²) in [6.07, 6.45) is 4.45. The van der Waals surface area contributed by atoms with Gasteiger partial charge in [0, 0.05) is 12.4 Å². The van der Waals surface area contributed by atoms with Gasteiger partial charge in [0.1, 0.15) is 6.67 Å². The van der Waals surface area contributed by atoms with Gasteiger partial charge in [-0.3, -0.25) is 4.99 Å². The molecule has 0 unspecified atom stereocenters. The number of benzene rings is 1. The first-order valence-electron chi connectivity index (χ1n) is 5.95. The van der Waals surface area contributed by atoms with Gasteiger partial charge in [-0.05, 0) is 18.2 Å². The van der Waals surface area contributed by atoms with Crippen LogP contribution >= 0.6 is 11.6 Å². The number of aliphatic imine (C=N–C) groups is 1. The quantitative estimate of drug-likeness (QED) is 0.933. The van der Waals surface area contributed by atoms with Crippen LogP contribution < -0.4 is 4.72 Å². The average Bonchev–Trinajstić information content (AvgIpc) is 2.49. The number of para-hydroxylation sites is 2. The van der Waals surface area contributed by atoms with Crippen molar-refractivity contribution in [3.63, 3.8) is 0 Å². The molecule has 2 aromatic rings. The Kier molecular flexibility index (Phi) is 3.48. The van der Waals surface area contributed by atoms with Gasteiger partial charge in [-0.1, -0.05) is 23.7 Å². The number of nitrogens with zero attached hydrogens (tertiary/aromatic N) is 4. The molecule has 0 saturated heterocycles. The summed E-state index contributed by atoms with van der Waals surface area (Å²) in [6, 6.07) is 7.05. The summed E-state index contributed by atoms with van der Waals surface area (Å²) in [5.41, 5.74) is 1.14. The van der Waals surface area contributed by atoms with Gasteiger partial charge in [0.25, 0.3) is 0 Å². The number of fused-ring (bicyclic) bond motifs is 1. The Labute approximate surface area is 126 Å². The maximum Gasteiger partial charge on any atom is 0.326 e. The fraction of sp³-hybridized carbons (Fsp3) is 0.0833. The topological polar surface area (TPSA) is 87.5 Å². The molecule has 0 amide bonds. The molecule has 0 spiro atoms. The van der Waals surface area contributed by atoms with Crippen LogP contribution in [0.25, 0.3) is 11.0 Å². The van der Waals surface area contributed by atoms with Crippen molar-refractivity contribution in [3.8, 4) is 0 Å². The third kappa shape index (κ3) is 2.81. The first-order valence-corrected chi connectivity index (χ1v) is 7.76. The predicted octanol–water partition coefficient (Wildman–Crippen LogP) is 1.80. The van der Waals surface area contributed by atoms with Gasteiger partial charge in [-0.15, -0.1) is 0 Å². The minimum atomic E-state index is -3.83. The molecule has 1 N–H and O–H groups in total. The number of anilines is 1. The highest BCUT2D eigenvalue weighted by molar-refractivity contribution is 7.90. The Morgan fingerprint density at radius 1 is 1.19 bits per heavy atom. The highest BCUT2D eigenvalue weighted by Gasteiger charge is 2.21. The normalized spacial score (nSPS) is 14.6. The van der Waals surface area contributed by atoms with E-state index in [1.807, 2.05) is 0 Å². The van der Waals surface area contributed by atoms with Crippen LogP contribution in [0.3, 0.4) is 0 Å². The Hall–Kier alpha value is -2.19. The summed E-state index contributed by atoms with van der Waals surface area (Å²) in [5, 5.41) is -0.0123. The van der Waals surface area contributed by atoms with E-state index in [0.29, 0.717) is 11.0 Å². The molecular weight excluding hydrogens is 314 g/mol. The molecule has 0 atom stereocenters. The minimum absolute atomic E-state index is 0.00443. The molecule has 0 bridgehead atoms. The average molecular weight is 324 g/mol. The molecule has 1 aliphatic heterocycles. The molecule has 1 aromatic carbocycles. The van der Waals surface area contributed by atoms with Gasteiger partial charge >= 0.3 is 10.2 Å². The van der Waals surface area contributed by atoms with Gasteiger partial charge in [0.05, 0.1) is 11.0 Å². The van der Waals surface area contributed by atoms with E-state index >= 15 is 0 Å². The van der Waals surface area contributed by atoms with Crippen LogP contribution in [0.5, 0.6) is 0 Å². The summed E-state index contributed by atoms with van der Waals surface area (Å²) in [6.45, 7) is 0.00443. The van der Waals surface area contributed by atoms with Crippen molar-refractivity contribution in [1.29, 1.82) is 0 Å². The molecule has 3 rings (SSSR count). The summed E-state index contributed by atoms with van der Waals surface area (Å²) in [4.78, 5) is 12.2. The molecule has 2 heterocycles. The van der Waals surface area contributed by atoms with Crippen LogP contribution in [0.4, 0.5) is 5.82 Å². The lowest BCUT2D eigenvalue weighted by Gasteiger charge is -2.20. The number of hydrogen-bond acceptors (Lipinski definition) is 5. The Morgan fingerprint density at radius 3 is 2.57 bits per heavy atom. The fourth-order valence-electron chi connectivity index (χ4n) is 1.75. The highest BCUT2D eigenvalue weighted by atomic mass is 35.5. The van der Waals surface area contributed by atoms with Gasteiger partial charge in [-0.25, -0.2) is 19.0 Å². The number of nitrogens with one attached hydrogen (secondary N) is 1. The van der Waals surface area contributed by atoms with Crippen LogP contribution in [-0.2, 0) is 10.2 Å². The molecular formula is C12H10ClN5O2S. The zero-order valence-electron chi connectivity index (χ0n) is 10.6. The van der Waals surface area contributed by atoms with Crippen molar-refractivity contribution in [2.24, 2.45) is 4.99 Å². The second kappa shape index (κ2) is 5.30. The molecule has 21 heavy (non-hydrogen) atoms. The van der Waals surface area contributed by atoms with E-state index in [4.69, 9.17) is 11.6 Å². The van der Waals surface area contributed by atoms with Gasteiger partial charge in [-0.2, -0.15) is 8.42 Å². The number of allylic oxidation sites excluding steroid dienone is 1. The van der Waals surface area contributed by atoms with Crippen molar-refractivity contribution in [1.82, 2.24) is 14.3 Å². The van der Waals surface area contributed by atoms with Crippen molar-refractivity contribution in [2.75, 3.05) is 11.4 Å². The maximum absolute atomic E-state index is 12.2. The molecule has 0 radical (unpaired) electrons. The molecule has 1 aromatic heterocycles. The van der Waals surface area contributed by atoms with E-state index in [1.54, 1.807) is 24.3 Å². The summed E-state index contributed by atoms with van der Waals surface area (Å²) >= 11 is 5.98. The lowest BCUT2D eigenvalue weighted by molar-refractivity contribution is 0.510. The van der Waals surface area contributed by atoms with E-state index < -0.39 is 10.2 Å². The third-order valence-electron chi connectivity index (χ3n) is 2.73. The highest BCUT2D eigenvalue weighted by Crippen LogP contribution is 2.22. The maximum atomic E-state index is 12.2. The van der Waals surface area contributed by atoms with Crippen LogP contribution in [0, 0.1) is 0 Å². The monoisotopic (exact) mass is 323 g/mol. The van der Waals surface area contributed by atoms with Gasteiger partial charge in [0.2, 0.25) is 0 Å². The second-order valence-corrected chi connectivity index (χ2v) is 6.14. The smallest absolute Gasteiger partial charge is 0.271 e. The molecule has 0 saturated carbocycles. The predicted molar refractivity (Wildman–Crippen MR) is 81.4 cm³/mol. The van der Waals surface area contributed by atoms with Crippen LogP contribution in [0.15, 0.2) is 41.5 Å². The third-order valence-corrected chi connectivity index (χ3v) is 4.30. The van der Waals surface area contributed by atoms with Gasteiger partial charge in [0.15, 0.2) is 11.0 Å². The van der Waals surface area contributed by atoms with Crippen molar-refractivity contribution in [2.45, 2.75) is 0 Å². The number of rotatable bonds is 3. The molecule has 9 heteroatoms. The Morgan fingerprint density at radius 2 is 1.90 bits per heavy atom. The van der Waals surface area contributed by atoms with Crippen molar-refractivity contribution < 1.29 is 8.42 Å². The van der Waals surface area contributed by atoms with E-state index in [1.165, 1.54) is 18.5 Å². The van der Waals surface area contributed by atoms with E-state index in [0.717, 1.165) is 4.31 Å². The standard InChI is InChI=1S/C12H10ClN5O2S/c13-11-12(16-10-5-2-1-4-9(10)15-11)17-21(19,20)18-7-3-6-14-8-18/h1-7H,8H2,(H,16,17). The van der Waals surface area contributed by atoms with E-state index in [-0.39, 0.29) is 17.6 Å². The van der Waals surface area contributed by atoms with Gasteiger partial charge < -0.3 is 0 Å². The first kappa shape index (κ1) is 13.8. The molecule has 1 aliphatic rings. The van der Waals surface area contributed by atoms with Crippen LogP contribution in [0.2, 0.25) is 5.15 Å². The largest absolute Gasteiger partial charge is 0.326 e. The first-order chi connectivity index (χ1) is 10.1. The SMILES string of the molecule is O=S(=O)(Nc1nc2ccccc2nc1Cl)N1C=CC=NC1. The zero-order chi connectivity index (χ0) is 14.9. The van der Waals surface area contributed by atoms with Crippen LogP contribution in [-0.4, -0.2) is 35.6 Å². The van der Waals surface area contributed by atoms with E-state index in [2.05, 4.69) is 19.7 Å². The fourth-order valence-corrected chi connectivity index (χ4v) is 2.94. The lowest BCUT2D eigenvalue weighted by Crippen LogP contribution is -2.33. The number of halogens is 1. The molecule has 7 nitrogen and oxygen atoms in total. The minimum Gasteiger partial charge on any atom is -0.271 e. The van der Waals surface area contributed by atoms with Crippen molar-refractivity contribution >= 4 is 44.9 Å². The Bertz CT molecular complexity index is 850. The lowest BCUT2D eigenvalue weighted by atomic mass is 10.3. The van der Waals surface area contributed by atoms with Crippen LogP contribution in [0.1, 0.15) is 0 Å². The number of hydrogen-bond donors (Lipinski definition) is 1. The van der Waals surface area contributed by atoms with Crippen molar-refractivity contribution in [3.05, 3.63) is 41.7 Å². The Balaban J connectivity index is 1.95. The molecule has 0 fully saturated rings. The second-order valence-electron chi connectivity index (χ2n) is 4.16. The summed E-state index contributed by atoms with van der Waals surface area (Å²) in [7, 11) is -3.83. The molecule has 108 valence electrons. The molecule has 0 aliphatic carbocycles. The summed E-state index contributed by atoms with van der Waals surface area (Å²) < 4.78 is 27.8. The van der Waals surface area contributed by atoms with E-state index in [9.17, 15) is 8.42 Å². The zero-order valence-corrected chi connectivity index (χ0v) is 12.2. The summed E-state index contributed by atoms with van der Waals surface area (Å²) in [5.74, 6) is -0.0154. The number of aromatic nitrogens is 2.